The smallest absolute Gasteiger partial charge is 0.258 e. The van der Waals surface area contributed by atoms with Crippen molar-refractivity contribution in [2.75, 3.05) is 11.9 Å². The van der Waals surface area contributed by atoms with E-state index < -0.39 is 0 Å². The molecule has 7 heteroatoms. The molecule has 0 spiro atoms. The summed E-state index contributed by atoms with van der Waals surface area (Å²) < 4.78 is 13.9. The molecule has 0 radical (unpaired) electrons. The molecule has 21 heavy (non-hydrogen) atoms. The summed E-state index contributed by atoms with van der Waals surface area (Å²) in [5.41, 5.74) is 6.63. The maximum atomic E-state index is 12.5. The average molecular weight is 309 g/mol. The van der Waals surface area contributed by atoms with Gasteiger partial charge in [0.25, 0.3) is 5.91 Å². The second-order valence-corrected chi connectivity index (χ2v) is 4.74. The lowest BCUT2D eigenvalue weighted by atomic mass is 10.3. The number of anilines is 1. The zero-order valence-electron chi connectivity index (χ0n) is 11.1. The Hall–Kier alpha value is -2.18. The molecule has 0 aliphatic carbocycles. The summed E-state index contributed by atoms with van der Waals surface area (Å²) in [6.45, 7) is 0.296. The van der Waals surface area contributed by atoms with Crippen LogP contribution in [-0.4, -0.2) is 22.2 Å². The molecule has 0 aliphatic heterocycles. The van der Waals surface area contributed by atoms with E-state index in [-0.39, 0.29) is 19.0 Å². The first kappa shape index (κ1) is 15.2. The van der Waals surface area contributed by atoms with E-state index in [9.17, 15) is 9.18 Å². The van der Waals surface area contributed by atoms with Crippen LogP contribution in [0.5, 0.6) is 0 Å². The van der Waals surface area contributed by atoms with Crippen molar-refractivity contribution in [1.82, 2.24) is 9.78 Å². The molecule has 1 heterocycles. The van der Waals surface area contributed by atoms with Crippen molar-refractivity contribution >= 4 is 23.2 Å². The molecular weight excluding hydrogens is 295 g/mol. The highest BCUT2D eigenvalue weighted by Crippen LogP contribution is 2.21. The molecule has 0 saturated carbocycles. The third kappa shape index (κ3) is 3.90. The Labute approximate surface area is 126 Å². The Kier molecular flexibility index (Phi) is 5.08. The van der Waals surface area contributed by atoms with Crippen LogP contribution in [0.2, 0.25) is 5.02 Å². The van der Waals surface area contributed by atoms with E-state index in [2.05, 4.69) is 10.4 Å². The number of nitrogens with zero attached hydrogens (tertiary/aromatic N) is 2. The van der Waals surface area contributed by atoms with Crippen LogP contribution in [0.15, 0.2) is 48.6 Å². The van der Waals surface area contributed by atoms with Gasteiger partial charge < -0.3 is 11.1 Å². The summed E-state index contributed by atoms with van der Waals surface area (Å²) in [6, 6.07) is 6.92. The standard InChI is InChI=1S/C14H14ClFN4O/c15-12-3-1-2-4-13(12)19-14(21)11-7-18-20(9-11)8-10(5-16)6-17/h1-5,7,9H,6,8,17H2,(H,19,21)/b10-5+. The number of rotatable bonds is 5. The number of carbonyl (C=O) groups is 1. The van der Waals surface area contributed by atoms with Gasteiger partial charge in [-0.25, -0.2) is 4.39 Å². The SMILES string of the molecule is NC/C(=C\F)Cn1cc(C(=O)Nc2ccccc2Cl)cn1. The van der Waals surface area contributed by atoms with E-state index >= 15 is 0 Å². The number of hydrogen-bond donors (Lipinski definition) is 2. The van der Waals surface area contributed by atoms with Crippen LogP contribution in [0.25, 0.3) is 0 Å². The molecule has 2 rings (SSSR count). The molecule has 0 fully saturated rings. The summed E-state index contributed by atoms with van der Waals surface area (Å²) in [7, 11) is 0. The summed E-state index contributed by atoms with van der Waals surface area (Å²) >= 11 is 5.97. The number of para-hydroxylation sites is 1. The topological polar surface area (TPSA) is 72.9 Å². The van der Waals surface area contributed by atoms with Crippen LogP contribution in [-0.2, 0) is 6.54 Å². The number of carbonyl (C=O) groups excluding carboxylic acids is 1. The lowest BCUT2D eigenvalue weighted by Crippen LogP contribution is -2.12. The maximum absolute atomic E-state index is 12.5. The second kappa shape index (κ2) is 7.01. The van der Waals surface area contributed by atoms with Gasteiger partial charge in [0.05, 0.1) is 35.3 Å². The summed E-state index contributed by atoms with van der Waals surface area (Å²) in [6.07, 6.45) is 3.37. The van der Waals surface area contributed by atoms with Crippen molar-refractivity contribution < 1.29 is 9.18 Å². The number of nitrogens with two attached hydrogens (primary N) is 1. The van der Waals surface area contributed by atoms with E-state index in [1.54, 1.807) is 24.3 Å². The molecule has 0 unspecified atom stereocenters. The predicted octanol–water partition coefficient (Wildman–Crippen LogP) is 2.60. The molecule has 1 aromatic heterocycles. The van der Waals surface area contributed by atoms with Crippen LogP contribution in [0.4, 0.5) is 10.1 Å². The molecule has 2 aromatic rings. The fourth-order valence-electron chi connectivity index (χ4n) is 1.68. The Morgan fingerprint density at radius 2 is 2.24 bits per heavy atom. The minimum atomic E-state index is -0.340. The molecule has 3 N–H and O–H groups in total. The van der Waals surface area contributed by atoms with Crippen molar-refractivity contribution in [2.45, 2.75) is 6.54 Å². The quantitative estimate of drug-likeness (QED) is 0.891. The lowest BCUT2D eigenvalue weighted by Gasteiger charge is -2.05. The Bertz CT molecular complexity index is 668. The first-order valence-electron chi connectivity index (χ1n) is 6.20. The molecule has 110 valence electrons. The van der Waals surface area contributed by atoms with E-state index in [1.165, 1.54) is 17.1 Å². The minimum Gasteiger partial charge on any atom is -0.327 e. The fraction of sp³-hybridized carbons (Fsp3) is 0.143. The van der Waals surface area contributed by atoms with Gasteiger partial charge >= 0.3 is 0 Å². The summed E-state index contributed by atoms with van der Waals surface area (Å²) in [5, 5.41) is 7.13. The van der Waals surface area contributed by atoms with Gasteiger partial charge in [0.15, 0.2) is 0 Å². The normalized spacial score (nSPS) is 11.5. The highest BCUT2D eigenvalue weighted by Gasteiger charge is 2.11. The van der Waals surface area contributed by atoms with Gasteiger partial charge in [-0.3, -0.25) is 9.48 Å². The van der Waals surface area contributed by atoms with E-state index in [0.717, 1.165) is 0 Å². The number of hydrogen-bond acceptors (Lipinski definition) is 3. The van der Waals surface area contributed by atoms with Crippen molar-refractivity contribution in [2.24, 2.45) is 5.73 Å². The first-order valence-corrected chi connectivity index (χ1v) is 6.58. The van der Waals surface area contributed by atoms with Gasteiger partial charge in [0.1, 0.15) is 0 Å². The maximum Gasteiger partial charge on any atom is 0.258 e. The lowest BCUT2D eigenvalue weighted by molar-refractivity contribution is 0.102. The Morgan fingerprint density at radius 3 is 2.90 bits per heavy atom. The zero-order chi connectivity index (χ0) is 15.2. The van der Waals surface area contributed by atoms with Crippen molar-refractivity contribution in [3.8, 4) is 0 Å². The van der Waals surface area contributed by atoms with E-state index in [4.69, 9.17) is 17.3 Å². The third-order valence-corrected chi connectivity index (χ3v) is 3.13. The molecule has 1 amide bonds. The van der Waals surface area contributed by atoms with Gasteiger partial charge in [-0.05, 0) is 17.7 Å². The Morgan fingerprint density at radius 1 is 1.48 bits per heavy atom. The van der Waals surface area contributed by atoms with Gasteiger partial charge in [-0.15, -0.1) is 0 Å². The Balaban J connectivity index is 2.07. The molecule has 0 bridgehead atoms. The highest BCUT2D eigenvalue weighted by molar-refractivity contribution is 6.33. The van der Waals surface area contributed by atoms with Gasteiger partial charge in [-0.2, -0.15) is 5.10 Å². The minimum absolute atomic E-state index is 0.0948. The molecular formula is C14H14ClFN4O. The van der Waals surface area contributed by atoms with E-state index in [1.807, 2.05) is 0 Å². The third-order valence-electron chi connectivity index (χ3n) is 2.80. The summed E-state index contributed by atoms with van der Waals surface area (Å²) in [4.78, 5) is 12.1. The molecule has 0 atom stereocenters. The van der Waals surface area contributed by atoms with Crippen molar-refractivity contribution in [3.05, 3.63) is 59.1 Å². The summed E-state index contributed by atoms with van der Waals surface area (Å²) in [5.74, 6) is -0.340. The number of amides is 1. The number of benzene rings is 1. The molecule has 0 aliphatic rings. The average Bonchev–Trinajstić information content (AvgIpc) is 2.96. The largest absolute Gasteiger partial charge is 0.327 e. The number of halogens is 2. The van der Waals surface area contributed by atoms with Gasteiger partial charge in [0.2, 0.25) is 0 Å². The first-order chi connectivity index (χ1) is 10.1. The monoisotopic (exact) mass is 308 g/mol. The van der Waals surface area contributed by atoms with Crippen LogP contribution in [0.1, 0.15) is 10.4 Å². The van der Waals surface area contributed by atoms with Crippen LogP contribution in [0.3, 0.4) is 0 Å². The van der Waals surface area contributed by atoms with Crippen LogP contribution < -0.4 is 11.1 Å². The molecule has 1 aromatic carbocycles. The fourth-order valence-corrected chi connectivity index (χ4v) is 1.86. The van der Waals surface area contributed by atoms with Gasteiger partial charge in [0, 0.05) is 12.7 Å². The second-order valence-electron chi connectivity index (χ2n) is 4.33. The van der Waals surface area contributed by atoms with Gasteiger partial charge in [-0.1, -0.05) is 23.7 Å². The number of aromatic nitrogens is 2. The highest BCUT2D eigenvalue weighted by atomic mass is 35.5. The molecule has 5 nitrogen and oxygen atoms in total. The van der Waals surface area contributed by atoms with Crippen LogP contribution in [0, 0.1) is 0 Å². The molecule has 0 saturated heterocycles. The van der Waals surface area contributed by atoms with Crippen molar-refractivity contribution in [1.29, 1.82) is 0 Å². The number of nitrogens with one attached hydrogen (secondary N) is 1. The zero-order valence-corrected chi connectivity index (χ0v) is 11.8. The van der Waals surface area contributed by atoms with Crippen molar-refractivity contribution in [3.63, 3.8) is 0 Å². The predicted molar refractivity (Wildman–Crippen MR) is 79.9 cm³/mol. The van der Waals surface area contributed by atoms with E-state index in [0.29, 0.717) is 28.2 Å². The van der Waals surface area contributed by atoms with Crippen LogP contribution >= 0.6 is 11.6 Å².